The van der Waals surface area contributed by atoms with Crippen molar-refractivity contribution in [1.29, 1.82) is 0 Å². The lowest BCUT2D eigenvalue weighted by Crippen LogP contribution is -2.36. The molecule has 2 aromatic rings. The number of anilines is 2. The van der Waals surface area contributed by atoms with Gasteiger partial charge in [-0.1, -0.05) is 0 Å². The molecule has 3 rings (SSSR count). The van der Waals surface area contributed by atoms with Crippen LogP contribution >= 0.6 is 0 Å². The number of nitrogens with two attached hydrogens (primary N) is 1. The highest BCUT2D eigenvalue weighted by molar-refractivity contribution is 5.62. The summed E-state index contributed by atoms with van der Waals surface area (Å²) in [6.45, 7) is 3.28. The van der Waals surface area contributed by atoms with E-state index < -0.39 is 0 Å². The Hall–Kier alpha value is -2.21. The molecular weight excluding hydrogens is 242 g/mol. The SMILES string of the molecule is Nc1cc(-c2ccc(N3CCOCC3)nc2)ncn1. The van der Waals surface area contributed by atoms with E-state index in [1.807, 2.05) is 18.3 Å². The third kappa shape index (κ3) is 2.63. The average Bonchev–Trinajstić information content (AvgIpc) is 2.48. The van der Waals surface area contributed by atoms with E-state index in [1.54, 1.807) is 6.07 Å². The van der Waals surface area contributed by atoms with Gasteiger partial charge in [-0.05, 0) is 12.1 Å². The van der Waals surface area contributed by atoms with Crippen molar-refractivity contribution in [3.05, 3.63) is 30.7 Å². The molecule has 1 aliphatic rings. The lowest BCUT2D eigenvalue weighted by molar-refractivity contribution is 0.122. The molecule has 1 fully saturated rings. The zero-order valence-electron chi connectivity index (χ0n) is 10.5. The maximum atomic E-state index is 5.65. The molecule has 0 radical (unpaired) electrons. The second kappa shape index (κ2) is 5.19. The normalized spacial score (nSPS) is 15.5. The van der Waals surface area contributed by atoms with E-state index in [2.05, 4.69) is 19.9 Å². The van der Waals surface area contributed by atoms with Crippen LogP contribution in [0.5, 0.6) is 0 Å². The van der Waals surface area contributed by atoms with Crippen LogP contribution in [0.25, 0.3) is 11.3 Å². The summed E-state index contributed by atoms with van der Waals surface area (Å²) in [4.78, 5) is 14.8. The van der Waals surface area contributed by atoms with Crippen LogP contribution < -0.4 is 10.6 Å². The Balaban J connectivity index is 1.82. The van der Waals surface area contributed by atoms with Crippen molar-refractivity contribution in [3.63, 3.8) is 0 Å². The number of ether oxygens (including phenoxy) is 1. The lowest BCUT2D eigenvalue weighted by Gasteiger charge is -2.27. The molecule has 0 aromatic carbocycles. The molecule has 0 atom stereocenters. The first-order chi connectivity index (χ1) is 9.33. The Morgan fingerprint density at radius 3 is 2.63 bits per heavy atom. The van der Waals surface area contributed by atoms with Crippen molar-refractivity contribution in [1.82, 2.24) is 15.0 Å². The van der Waals surface area contributed by atoms with E-state index >= 15 is 0 Å². The predicted octanol–water partition coefficient (Wildman–Crippen LogP) is 0.957. The summed E-state index contributed by atoms with van der Waals surface area (Å²) >= 11 is 0. The number of morpholine rings is 1. The highest BCUT2D eigenvalue weighted by Crippen LogP contribution is 2.20. The lowest BCUT2D eigenvalue weighted by atomic mass is 10.2. The van der Waals surface area contributed by atoms with E-state index in [0.29, 0.717) is 5.82 Å². The first kappa shape index (κ1) is 11.9. The van der Waals surface area contributed by atoms with Crippen molar-refractivity contribution in [3.8, 4) is 11.3 Å². The van der Waals surface area contributed by atoms with Crippen LogP contribution in [0.1, 0.15) is 0 Å². The molecule has 1 aliphatic heterocycles. The Bertz CT molecular complexity index is 551. The Kier molecular flexibility index (Phi) is 3.24. The molecule has 19 heavy (non-hydrogen) atoms. The Labute approximate surface area is 111 Å². The van der Waals surface area contributed by atoms with Crippen LogP contribution in [-0.4, -0.2) is 41.3 Å². The molecule has 6 nitrogen and oxygen atoms in total. The van der Waals surface area contributed by atoms with Crippen molar-refractivity contribution in [2.24, 2.45) is 0 Å². The van der Waals surface area contributed by atoms with Gasteiger partial charge in [-0.25, -0.2) is 15.0 Å². The number of rotatable bonds is 2. The van der Waals surface area contributed by atoms with Gasteiger partial charge in [-0.15, -0.1) is 0 Å². The summed E-state index contributed by atoms with van der Waals surface area (Å²) in [5.74, 6) is 1.43. The van der Waals surface area contributed by atoms with Crippen LogP contribution in [0.2, 0.25) is 0 Å². The van der Waals surface area contributed by atoms with Gasteiger partial charge in [0.05, 0.1) is 18.9 Å². The molecule has 6 heteroatoms. The third-order valence-electron chi connectivity index (χ3n) is 3.07. The molecule has 0 spiro atoms. The highest BCUT2D eigenvalue weighted by atomic mass is 16.5. The van der Waals surface area contributed by atoms with Crippen molar-refractivity contribution >= 4 is 11.6 Å². The molecular formula is C13H15N5O. The summed E-state index contributed by atoms with van der Waals surface area (Å²) in [6.07, 6.45) is 3.27. The summed E-state index contributed by atoms with van der Waals surface area (Å²) in [5, 5.41) is 0. The van der Waals surface area contributed by atoms with E-state index in [9.17, 15) is 0 Å². The van der Waals surface area contributed by atoms with Gasteiger partial charge in [-0.3, -0.25) is 0 Å². The molecule has 0 amide bonds. The van der Waals surface area contributed by atoms with E-state index in [1.165, 1.54) is 6.33 Å². The van der Waals surface area contributed by atoms with Gasteiger partial charge in [-0.2, -0.15) is 0 Å². The standard InChI is InChI=1S/C13H15N5O/c14-12-7-11(16-9-17-12)10-1-2-13(15-8-10)18-3-5-19-6-4-18/h1-2,7-9H,3-6H2,(H2,14,16,17). The average molecular weight is 257 g/mol. The summed E-state index contributed by atoms with van der Waals surface area (Å²) in [6, 6.07) is 5.74. The van der Waals surface area contributed by atoms with Gasteiger partial charge in [0.15, 0.2) is 0 Å². The second-order valence-electron chi connectivity index (χ2n) is 4.33. The minimum absolute atomic E-state index is 0.460. The second-order valence-corrected chi connectivity index (χ2v) is 4.33. The van der Waals surface area contributed by atoms with Crippen LogP contribution in [0.15, 0.2) is 30.7 Å². The van der Waals surface area contributed by atoms with Gasteiger partial charge in [0.1, 0.15) is 18.0 Å². The summed E-state index contributed by atoms with van der Waals surface area (Å²) < 4.78 is 5.33. The van der Waals surface area contributed by atoms with Crippen LogP contribution in [0.4, 0.5) is 11.6 Å². The molecule has 2 aromatic heterocycles. The number of aromatic nitrogens is 3. The highest BCUT2D eigenvalue weighted by Gasteiger charge is 2.12. The molecule has 0 unspecified atom stereocenters. The van der Waals surface area contributed by atoms with Gasteiger partial charge in [0, 0.05) is 30.9 Å². The number of pyridine rings is 1. The van der Waals surface area contributed by atoms with Gasteiger partial charge >= 0.3 is 0 Å². The first-order valence-corrected chi connectivity index (χ1v) is 6.19. The van der Waals surface area contributed by atoms with Crippen molar-refractivity contribution in [2.75, 3.05) is 36.9 Å². The zero-order chi connectivity index (χ0) is 13.1. The van der Waals surface area contributed by atoms with Crippen molar-refractivity contribution in [2.45, 2.75) is 0 Å². The first-order valence-electron chi connectivity index (χ1n) is 6.19. The van der Waals surface area contributed by atoms with Gasteiger partial charge in [0.25, 0.3) is 0 Å². The topological polar surface area (TPSA) is 77.2 Å². The number of nitrogen functional groups attached to an aromatic ring is 1. The van der Waals surface area contributed by atoms with Gasteiger partial charge < -0.3 is 15.4 Å². The van der Waals surface area contributed by atoms with E-state index in [4.69, 9.17) is 10.5 Å². The fourth-order valence-corrected chi connectivity index (χ4v) is 2.05. The van der Waals surface area contributed by atoms with Crippen molar-refractivity contribution < 1.29 is 4.74 Å². The summed E-state index contributed by atoms with van der Waals surface area (Å²) in [5.41, 5.74) is 7.37. The van der Waals surface area contributed by atoms with E-state index in [-0.39, 0.29) is 0 Å². The fourth-order valence-electron chi connectivity index (χ4n) is 2.05. The Morgan fingerprint density at radius 1 is 1.11 bits per heavy atom. The monoisotopic (exact) mass is 257 g/mol. The maximum absolute atomic E-state index is 5.65. The van der Waals surface area contributed by atoms with Crippen LogP contribution in [-0.2, 0) is 4.74 Å². The minimum atomic E-state index is 0.460. The third-order valence-corrected chi connectivity index (χ3v) is 3.07. The quantitative estimate of drug-likeness (QED) is 0.863. The number of hydrogen-bond donors (Lipinski definition) is 1. The van der Waals surface area contributed by atoms with Gasteiger partial charge in [0.2, 0.25) is 0 Å². The molecule has 0 saturated carbocycles. The molecule has 0 aliphatic carbocycles. The predicted molar refractivity (Wildman–Crippen MR) is 72.7 cm³/mol. The zero-order valence-corrected chi connectivity index (χ0v) is 10.5. The Morgan fingerprint density at radius 2 is 1.95 bits per heavy atom. The number of nitrogens with zero attached hydrogens (tertiary/aromatic N) is 4. The molecule has 2 N–H and O–H groups in total. The largest absolute Gasteiger partial charge is 0.384 e. The maximum Gasteiger partial charge on any atom is 0.128 e. The van der Waals surface area contributed by atoms with Crippen LogP contribution in [0, 0.1) is 0 Å². The molecule has 3 heterocycles. The summed E-state index contributed by atoms with van der Waals surface area (Å²) in [7, 11) is 0. The molecule has 98 valence electrons. The van der Waals surface area contributed by atoms with E-state index in [0.717, 1.165) is 43.4 Å². The van der Waals surface area contributed by atoms with Crippen LogP contribution in [0.3, 0.4) is 0 Å². The molecule has 1 saturated heterocycles. The molecule has 0 bridgehead atoms. The smallest absolute Gasteiger partial charge is 0.128 e. The fraction of sp³-hybridized carbons (Fsp3) is 0.308. The number of hydrogen-bond acceptors (Lipinski definition) is 6. The minimum Gasteiger partial charge on any atom is -0.384 e.